The van der Waals surface area contributed by atoms with E-state index in [0.717, 1.165) is 11.1 Å². The quantitative estimate of drug-likeness (QED) is 0.651. The van der Waals surface area contributed by atoms with Crippen LogP contribution in [0.25, 0.3) is 0 Å². The Kier molecular flexibility index (Phi) is 4.14. The number of aromatic nitrogens is 1. The van der Waals surface area contributed by atoms with Crippen molar-refractivity contribution in [3.8, 4) is 5.88 Å². The lowest BCUT2D eigenvalue weighted by Crippen LogP contribution is -2.29. The van der Waals surface area contributed by atoms with E-state index < -0.39 is 0 Å². The monoisotopic (exact) mass is 257 g/mol. The summed E-state index contributed by atoms with van der Waals surface area (Å²) in [5.74, 6) is 6.30. The van der Waals surface area contributed by atoms with E-state index in [9.17, 15) is 0 Å². The van der Waals surface area contributed by atoms with Gasteiger partial charge in [0.05, 0.1) is 13.2 Å². The number of nitrogens with two attached hydrogens (primary N) is 1. The summed E-state index contributed by atoms with van der Waals surface area (Å²) >= 11 is 0. The normalized spacial score (nSPS) is 12.2. The van der Waals surface area contributed by atoms with E-state index in [0.29, 0.717) is 5.88 Å². The number of ether oxygens (including phenoxy) is 1. The van der Waals surface area contributed by atoms with E-state index in [-0.39, 0.29) is 6.04 Å². The zero-order chi connectivity index (χ0) is 13.8. The number of nitrogens with zero attached hydrogens (tertiary/aromatic N) is 1. The van der Waals surface area contributed by atoms with Crippen LogP contribution in [0, 0.1) is 13.8 Å². The van der Waals surface area contributed by atoms with Gasteiger partial charge in [0, 0.05) is 11.8 Å². The molecule has 0 amide bonds. The van der Waals surface area contributed by atoms with Gasteiger partial charge in [0.25, 0.3) is 0 Å². The van der Waals surface area contributed by atoms with Crippen molar-refractivity contribution in [1.29, 1.82) is 0 Å². The lowest BCUT2D eigenvalue weighted by Gasteiger charge is -2.19. The Bertz CT molecular complexity index is 569. The van der Waals surface area contributed by atoms with Crippen molar-refractivity contribution in [3.05, 3.63) is 58.8 Å². The number of hydrogen-bond acceptors (Lipinski definition) is 4. The molecule has 0 aliphatic heterocycles. The largest absolute Gasteiger partial charge is 0.481 e. The average molecular weight is 257 g/mol. The van der Waals surface area contributed by atoms with Gasteiger partial charge < -0.3 is 4.74 Å². The molecule has 0 spiro atoms. The van der Waals surface area contributed by atoms with E-state index in [1.807, 2.05) is 12.1 Å². The van der Waals surface area contributed by atoms with E-state index in [1.54, 1.807) is 13.3 Å². The van der Waals surface area contributed by atoms with Crippen molar-refractivity contribution in [2.45, 2.75) is 19.9 Å². The maximum absolute atomic E-state index is 5.72. The number of rotatable bonds is 4. The third-order valence-corrected chi connectivity index (χ3v) is 3.34. The number of pyridine rings is 1. The molecule has 2 rings (SSSR count). The summed E-state index contributed by atoms with van der Waals surface area (Å²) in [7, 11) is 1.61. The standard InChI is InChI=1S/C15H19N3O/c1-10-6-7-12(9-11(10)2)14(18-16)13-5-4-8-17-15(13)19-3/h4-9,14,18H,16H2,1-3H3. The van der Waals surface area contributed by atoms with Crippen LogP contribution >= 0.6 is 0 Å². The van der Waals surface area contributed by atoms with Crippen LogP contribution in [0.15, 0.2) is 36.5 Å². The first kappa shape index (κ1) is 13.5. The van der Waals surface area contributed by atoms with E-state index >= 15 is 0 Å². The molecule has 19 heavy (non-hydrogen) atoms. The molecular formula is C15H19N3O. The summed E-state index contributed by atoms with van der Waals surface area (Å²) in [6, 6.07) is 10.0. The van der Waals surface area contributed by atoms with E-state index in [4.69, 9.17) is 10.6 Å². The first-order valence-corrected chi connectivity index (χ1v) is 6.19. The molecule has 1 aromatic carbocycles. The highest BCUT2D eigenvalue weighted by Crippen LogP contribution is 2.28. The van der Waals surface area contributed by atoms with E-state index in [1.165, 1.54) is 11.1 Å². The van der Waals surface area contributed by atoms with E-state index in [2.05, 4.69) is 42.5 Å². The minimum atomic E-state index is -0.136. The Morgan fingerprint density at radius 3 is 2.63 bits per heavy atom. The summed E-state index contributed by atoms with van der Waals surface area (Å²) in [5, 5.41) is 0. The number of aryl methyl sites for hydroxylation is 2. The van der Waals surface area contributed by atoms with Crippen LogP contribution in [0.1, 0.15) is 28.3 Å². The molecular weight excluding hydrogens is 238 g/mol. The van der Waals surface area contributed by atoms with Crippen molar-refractivity contribution in [2.24, 2.45) is 5.84 Å². The molecule has 1 heterocycles. The predicted octanol–water partition coefficient (Wildman–Crippen LogP) is 2.26. The van der Waals surface area contributed by atoms with Crippen LogP contribution in [0.2, 0.25) is 0 Å². The van der Waals surface area contributed by atoms with Crippen LogP contribution in [-0.4, -0.2) is 12.1 Å². The van der Waals surface area contributed by atoms with Gasteiger partial charge >= 0.3 is 0 Å². The highest BCUT2D eigenvalue weighted by molar-refractivity contribution is 5.40. The lowest BCUT2D eigenvalue weighted by atomic mass is 9.97. The third kappa shape index (κ3) is 2.75. The summed E-state index contributed by atoms with van der Waals surface area (Å²) < 4.78 is 5.30. The minimum Gasteiger partial charge on any atom is -0.481 e. The Labute approximate surface area is 113 Å². The van der Waals surface area contributed by atoms with Gasteiger partial charge in [-0.2, -0.15) is 0 Å². The maximum Gasteiger partial charge on any atom is 0.218 e. The topological polar surface area (TPSA) is 60.2 Å². The van der Waals surface area contributed by atoms with Gasteiger partial charge in [-0.1, -0.05) is 24.3 Å². The second kappa shape index (κ2) is 5.82. The second-order valence-electron chi connectivity index (χ2n) is 4.55. The van der Waals surface area contributed by atoms with Crippen LogP contribution < -0.4 is 16.0 Å². The number of benzene rings is 1. The highest BCUT2D eigenvalue weighted by Gasteiger charge is 2.17. The molecule has 0 radical (unpaired) electrons. The first-order valence-electron chi connectivity index (χ1n) is 6.19. The number of nitrogens with one attached hydrogen (secondary N) is 1. The van der Waals surface area contributed by atoms with Crippen LogP contribution in [0.3, 0.4) is 0 Å². The Morgan fingerprint density at radius 2 is 2.00 bits per heavy atom. The summed E-state index contributed by atoms with van der Waals surface area (Å²) in [5.41, 5.74) is 7.36. The van der Waals surface area contributed by atoms with Crippen LogP contribution in [0.5, 0.6) is 5.88 Å². The SMILES string of the molecule is COc1ncccc1C(NN)c1ccc(C)c(C)c1. The lowest BCUT2D eigenvalue weighted by molar-refractivity contribution is 0.387. The third-order valence-electron chi connectivity index (χ3n) is 3.34. The van der Waals surface area contributed by atoms with Gasteiger partial charge in [-0.15, -0.1) is 0 Å². The molecule has 1 aromatic heterocycles. The molecule has 0 fully saturated rings. The molecule has 0 aliphatic carbocycles. The molecule has 0 bridgehead atoms. The first-order chi connectivity index (χ1) is 9.17. The highest BCUT2D eigenvalue weighted by atomic mass is 16.5. The Morgan fingerprint density at radius 1 is 1.21 bits per heavy atom. The van der Waals surface area contributed by atoms with Gasteiger partial charge in [-0.25, -0.2) is 10.4 Å². The molecule has 2 aromatic rings. The summed E-state index contributed by atoms with van der Waals surface area (Å²) in [6.07, 6.45) is 1.70. The van der Waals surface area contributed by atoms with Crippen molar-refractivity contribution in [3.63, 3.8) is 0 Å². The van der Waals surface area contributed by atoms with Gasteiger partial charge in [0.1, 0.15) is 0 Å². The van der Waals surface area contributed by atoms with Crippen molar-refractivity contribution < 1.29 is 4.74 Å². The molecule has 1 unspecified atom stereocenters. The average Bonchev–Trinajstić information content (AvgIpc) is 2.44. The second-order valence-corrected chi connectivity index (χ2v) is 4.55. The molecule has 0 saturated carbocycles. The predicted molar refractivity (Wildman–Crippen MR) is 75.9 cm³/mol. The molecule has 100 valence electrons. The fourth-order valence-electron chi connectivity index (χ4n) is 2.10. The van der Waals surface area contributed by atoms with Crippen molar-refractivity contribution in [1.82, 2.24) is 10.4 Å². The van der Waals surface area contributed by atoms with Gasteiger partial charge in [-0.3, -0.25) is 5.84 Å². The summed E-state index contributed by atoms with van der Waals surface area (Å²) in [4.78, 5) is 4.21. The molecule has 0 aliphatic rings. The Balaban J connectivity index is 2.46. The molecule has 4 heteroatoms. The smallest absolute Gasteiger partial charge is 0.218 e. The van der Waals surface area contributed by atoms with Gasteiger partial charge in [0.2, 0.25) is 5.88 Å². The van der Waals surface area contributed by atoms with Gasteiger partial charge in [-0.05, 0) is 36.6 Å². The number of methoxy groups -OCH3 is 1. The molecule has 0 saturated heterocycles. The van der Waals surface area contributed by atoms with Crippen molar-refractivity contribution >= 4 is 0 Å². The summed E-state index contributed by atoms with van der Waals surface area (Å²) in [6.45, 7) is 4.18. The minimum absolute atomic E-state index is 0.136. The number of hydrazine groups is 1. The van der Waals surface area contributed by atoms with Crippen molar-refractivity contribution in [2.75, 3.05) is 7.11 Å². The molecule has 3 N–H and O–H groups in total. The zero-order valence-corrected chi connectivity index (χ0v) is 11.5. The fourth-order valence-corrected chi connectivity index (χ4v) is 2.10. The number of hydrogen-bond donors (Lipinski definition) is 2. The van der Waals surface area contributed by atoms with Crippen LogP contribution in [0.4, 0.5) is 0 Å². The van der Waals surface area contributed by atoms with Gasteiger partial charge in [0.15, 0.2) is 0 Å². The fraction of sp³-hybridized carbons (Fsp3) is 0.267. The Hall–Kier alpha value is -1.91. The zero-order valence-electron chi connectivity index (χ0n) is 11.5. The molecule has 4 nitrogen and oxygen atoms in total. The van der Waals surface area contributed by atoms with Crippen LogP contribution in [-0.2, 0) is 0 Å². The maximum atomic E-state index is 5.72. The molecule has 1 atom stereocenters.